The lowest BCUT2D eigenvalue weighted by atomic mass is 10.2. The highest BCUT2D eigenvalue weighted by atomic mass is 35.5. The molecule has 24 heavy (non-hydrogen) atoms. The van der Waals surface area contributed by atoms with Gasteiger partial charge in [0, 0.05) is 23.3 Å². The first-order valence-corrected chi connectivity index (χ1v) is 8.88. The molecule has 128 valence electrons. The van der Waals surface area contributed by atoms with E-state index in [0.29, 0.717) is 0 Å². The van der Waals surface area contributed by atoms with Crippen LogP contribution in [0.3, 0.4) is 0 Å². The molecule has 0 fully saturated rings. The second kappa shape index (κ2) is 7.40. The van der Waals surface area contributed by atoms with Crippen molar-refractivity contribution in [1.29, 1.82) is 0 Å². The summed E-state index contributed by atoms with van der Waals surface area (Å²) < 4.78 is 27.3. The second-order valence-electron chi connectivity index (χ2n) is 4.75. The van der Waals surface area contributed by atoms with Gasteiger partial charge in [0.25, 0.3) is 15.9 Å². The molecule has 0 saturated heterocycles. The third kappa shape index (κ3) is 4.18. The summed E-state index contributed by atoms with van der Waals surface area (Å²) >= 11 is 11.8. The lowest BCUT2D eigenvalue weighted by molar-refractivity contribution is -0.0756. The topological polar surface area (TPSA) is 75.7 Å². The molecule has 6 nitrogen and oxygen atoms in total. The molecule has 2 aromatic carbocycles. The van der Waals surface area contributed by atoms with E-state index in [2.05, 4.69) is 4.72 Å². The molecule has 0 unspecified atom stereocenters. The Morgan fingerprint density at radius 3 is 2.54 bits per heavy atom. The van der Waals surface area contributed by atoms with E-state index < -0.39 is 15.9 Å². The van der Waals surface area contributed by atoms with Gasteiger partial charge < -0.3 is 0 Å². The maximum absolute atomic E-state index is 12.5. The average molecular weight is 389 g/mol. The van der Waals surface area contributed by atoms with Crippen molar-refractivity contribution in [2.75, 3.05) is 18.9 Å². The normalized spacial score (nSPS) is 11.2. The first-order valence-electron chi connectivity index (χ1n) is 6.64. The SMILES string of the molecule is CON(C)C(=O)c1cccc(NS(=O)(=O)c2cc(Cl)ccc2Cl)c1. The molecular weight excluding hydrogens is 375 g/mol. The van der Waals surface area contributed by atoms with Crippen molar-refractivity contribution in [2.24, 2.45) is 0 Å². The van der Waals surface area contributed by atoms with Crippen molar-refractivity contribution in [3.8, 4) is 0 Å². The predicted octanol–water partition coefficient (Wildman–Crippen LogP) is 3.43. The number of rotatable bonds is 5. The number of sulfonamides is 1. The molecule has 0 heterocycles. The van der Waals surface area contributed by atoms with Gasteiger partial charge >= 0.3 is 0 Å². The van der Waals surface area contributed by atoms with Crippen molar-refractivity contribution in [1.82, 2.24) is 5.06 Å². The number of benzene rings is 2. The lowest BCUT2D eigenvalue weighted by Crippen LogP contribution is -2.25. The van der Waals surface area contributed by atoms with E-state index in [4.69, 9.17) is 28.0 Å². The van der Waals surface area contributed by atoms with Gasteiger partial charge in [-0.05, 0) is 36.4 Å². The van der Waals surface area contributed by atoms with Crippen molar-refractivity contribution < 1.29 is 18.0 Å². The second-order valence-corrected chi connectivity index (χ2v) is 7.24. The number of halogens is 2. The van der Waals surface area contributed by atoms with Crippen LogP contribution in [0.2, 0.25) is 10.0 Å². The fourth-order valence-electron chi connectivity index (χ4n) is 1.87. The smallest absolute Gasteiger partial charge is 0.277 e. The zero-order valence-electron chi connectivity index (χ0n) is 12.8. The Bertz CT molecular complexity index is 872. The largest absolute Gasteiger partial charge is 0.280 e. The maximum atomic E-state index is 12.5. The molecule has 0 bridgehead atoms. The molecule has 2 rings (SSSR count). The van der Waals surface area contributed by atoms with Gasteiger partial charge in [-0.1, -0.05) is 29.3 Å². The van der Waals surface area contributed by atoms with E-state index >= 15 is 0 Å². The van der Waals surface area contributed by atoms with Gasteiger partial charge in [-0.3, -0.25) is 14.4 Å². The number of carbonyl (C=O) groups excluding carboxylic acids is 1. The number of nitrogens with zero attached hydrogens (tertiary/aromatic N) is 1. The van der Waals surface area contributed by atoms with Crippen molar-refractivity contribution >= 4 is 44.8 Å². The number of carbonyl (C=O) groups is 1. The Kier molecular flexibility index (Phi) is 5.71. The Morgan fingerprint density at radius 1 is 1.17 bits per heavy atom. The monoisotopic (exact) mass is 388 g/mol. The third-order valence-corrected chi connectivity index (χ3v) is 5.20. The summed E-state index contributed by atoms with van der Waals surface area (Å²) in [6.07, 6.45) is 0. The average Bonchev–Trinajstić information content (AvgIpc) is 2.55. The zero-order chi connectivity index (χ0) is 17.9. The number of hydroxylamine groups is 2. The van der Waals surface area contributed by atoms with Crippen LogP contribution >= 0.6 is 23.2 Å². The fourth-order valence-corrected chi connectivity index (χ4v) is 3.69. The van der Waals surface area contributed by atoms with E-state index in [1.54, 1.807) is 12.1 Å². The fraction of sp³-hybridized carbons (Fsp3) is 0.133. The molecule has 0 atom stereocenters. The van der Waals surface area contributed by atoms with Crippen LogP contribution in [-0.4, -0.2) is 33.5 Å². The minimum Gasteiger partial charge on any atom is -0.280 e. The summed E-state index contributed by atoms with van der Waals surface area (Å²) in [4.78, 5) is 16.7. The van der Waals surface area contributed by atoms with Gasteiger partial charge in [0.05, 0.1) is 12.1 Å². The van der Waals surface area contributed by atoms with Gasteiger partial charge in [-0.25, -0.2) is 13.5 Å². The molecule has 0 saturated carbocycles. The van der Waals surface area contributed by atoms with Crippen molar-refractivity contribution in [3.05, 3.63) is 58.1 Å². The van der Waals surface area contributed by atoms with Crippen LogP contribution in [0.5, 0.6) is 0 Å². The molecule has 0 radical (unpaired) electrons. The summed E-state index contributed by atoms with van der Waals surface area (Å²) in [5, 5.41) is 1.31. The summed E-state index contributed by atoms with van der Waals surface area (Å²) in [5.74, 6) is -0.417. The van der Waals surface area contributed by atoms with Crippen LogP contribution in [0.15, 0.2) is 47.4 Å². The van der Waals surface area contributed by atoms with E-state index in [1.807, 2.05) is 0 Å². The molecule has 0 aliphatic rings. The summed E-state index contributed by atoms with van der Waals surface area (Å²) in [6.45, 7) is 0. The maximum Gasteiger partial charge on any atom is 0.277 e. The van der Waals surface area contributed by atoms with Gasteiger partial charge in [0.2, 0.25) is 0 Å². The minimum atomic E-state index is -3.96. The van der Waals surface area contributed by atoms with E-state index in [0.717, 1.165) is 5.06 Å². The molecule has 0 aliphatic carbocycles. The number of anilines is 1. The molecule has 1 amide bonds. The Hall–Kier alpha value is -1.80. The molecule has 9 heteroatoms. The van der Waals surface area contributed by atoms with Gasteiger partial charge in [0.15, 0.2) is 0 Å². The third-order valence-electron chi connectivity index (χ3n) is 3.10. The highest BCUT2D eigenvalue weighted by Crippen LogP contribution is 2.27. The van der Waals surface area contributed by atoms with Crippen LogP contribution < -0.4 is 4.72 Å². The Balaban J connectivity index is 2.34. The molecule has 0 aliphatic heterocycles. The Labute approximate surface area is 149 Å². The number of hydrogen-bond acceptors (Lipinski definition) is 4. The Morgan fingerprint density at radius 2 is 1.88 bits per heavy atom. The number of hydrogen-bond donors (Lipinski definition) is 1. The predicted molar refractivity (Wildman–Crippen MR) is 92.8 cm³/mol. The first-order chi connectivity index (χ1) is 11.2. The van der Waals surface area contributed by atoms with Crippen LogP contribution in [0.25, 0.3) is 0 Å². The van der Waals surface area contributed by atoms with E-state index in [1.165, 1.54) is 44.5 Å². The molecular formula is C15H14Cl2N2O4S. The summed E-state index contributed by atoms with van der Waals surface area (Å²) in [5.41, 5.74) is 0.470. The van der Waals surface area contributed by atoms with Gasteiger partial charge in [0.1, 0.15) is 4.90 Å². The summed E-state index contributed by atoms with van der Waals surface area (Å²) in [7, 11) is -1.16. The highest BCUT2D eigenvalue weighted by Gasteiger charge is 2.19. The highest BCUT2D eigenvalue weighted by molar-refractivity contribution is 7.92. The number of amides is 1. The van der Waals surface area contributed by atoms with E-state index in [-0.39, 0.29) is 26.2 Å². The van der Waals surface area contributed by atoms with Crippen LogP contribution in [0.1, 0.15) is 10.4 Å². The van der Waals surface area contributed by atoms with Gasteiger partial charge in [-0.15, -0.1) is 0 Å². The van der Waals surface area contributed by atoms with Gasteiger partial charge in [-0.2, -0.15) is 0 Å². The first kappa shape index (κ1) is 18.5. The molecule has 2 aromatic rings. The quantitative estimate of drug-likeness (QED) is 0.796. The van der Waals surface area contributed by atoms with Crippen molar-refractivity contribution in [2.45, 2.75) is 4.90 Å². The van der Waals surface area contributed by atoms with E-state index in [9.17, 15) is 13.2 Å². The minimum absolute atomic E-state index is 0.0400. The number of nitrogens with one attached hydrogen (secondary N) is 1. The van der Waals surface area contributed by atoms with Crippen LogP contribution in [0, 0.1) is 0 Å². The van der Waals surface area contributed by atoms with Crippen LogP contribution in [-0.2, 0) is 14.9 Å². The zero-order valence-corrected chi connectivity index (χ0v) is 15.1. The molecule has 1 N–H and O–H groups in total. The summed E-state index contributed by atoms with van der Waals surface area (Å²) in [6, 6.07) is 10.1. The van der Waals surface area contributed by atoms with Crippen LogP contribution in [0.4, 0.5) is 5.69 Å². The van der Waals surface area contributed by atoms with Crippen molar-refractivity contribution in [3.63, 3.8) is 0 Å². The molecule has 0 spiro atoms. The molecule has 0 aromatic heterocycles. The lowest BCUT2D eigenvalue weighted by Gasteiger charge is -2.15. The standard InChI is InChI=1S/C15H14Cl2N2O4S/c1-19(23-2)15(20)10-4-3-5-12(8-10)18-24(21,22)14-9-11(16)6-7-13(14)17/h3-9,18H,1-2H3.